The minimum absolute atomic E-state index is 0.0444. The van der Waals surface area contributed by atoms with Crippen molar-refractivity contribution in [3.05, 3.63) is 59.5 Å². The van der Waals surface area contributed by atoms with Crippen molar-refractivity contribution in [2.75, 3.05) is 38.6 Å². The van der Waals surface area contributed by atoms with E-state index >= 15 is 0 Å². The molecule has 12 heteroatoms. The third-order valence-corrected chi connectivity index (χ3v) is 7.93. The highest BCUT2D eigenvalue weighted by Gasteiger charge is 2.30. The number of aryl methyl sites for hydroxylation is 1. The third-order valence-electron chi connectivity index (χ3n) is 6.91. The van der Waals surface area contributed by atoms with E-state index in [1.54, 1.807) is 6.20 Å². The van der Waals surface area contributed by atoms with Crippen LogP contribution in [-0.4, -0.2) is 77.8 Å². The molecule has 0 bridgehead atoms. The van der Waals surface area contributed by atoms with Crippen molar-refractivity contribution >= 4 is 41.8 Å². The Kier molecular flexibility index (Phi) is 6.42. The van der Waals surface area contributed by atoms with Crippen molar-refractivity contribution in [1.29, 1.82) is 0 Å². The maximum Gasteiger partial charge on any atom is 0.413 e. The number of rotatable bonds is 4. The molecule has 2 aliphatic rings. The molecule has 0 saturated carbocycles. The van der Waals surface area contributed by atoms with Crippen LogP contribution in [0, 0.1) is 0 Å². The molecule has 1 aliphatic heterocycles. The first-order valence-electron chi connectivity index (χ1n) is 12.5. The number of aromatic nitrogens is 4. The van der Waals surface area contributed by atoms with E-state index in [2.05, 4.69) is 20.6 Å². The highest BCUT2D eigenvalue weighted by Crippen LogP contribution is 2.43. The van der Waals surface area contributed by atoms with Crippen LogP contribution in [0.1, 0.15) is 21.6 Å². The van der Waals surface area contributed by atoms with Gasteiger partial charge in [0, 0.05) is 55.3 Å². The molecule has 0 spiro atoms. The molecule has 2 amide bonds. The summed E-state index contributed by atoms with van der Waals surface area (Å²) in [6.45, 7) is 3.03. The van der Waals surface area contributed by atoms with Gasteiger partial charge in [0.2, 0.25) is 0 Å². The van der Waals surface area contributed by atoms with Crippen LogP contribution >= 0.6 is 11.3 Å². The smallest absolute Gasteiger partial charge is 0.413 e. The lowest BCUT2D eigenvalue weighted by Gasteiger charge is -2.27. The van der Waals surface area contributed by atoms with Gasteiger partial charge in [0.1, 0.15) is 7.85 Å². The van der Waals surface area contributed by atoms with Crippen LogP contribution in [0.15, 0.2) is 42.7 Å². The summed E-state index contributed by atoms with van der Waals surface area (Å²) in [7, 11) is 3.33. The number of hydrogen-bond acceptors (Lipinski definition) is 8. The predicted octanol–water partition coefficient (Wildman–Crippen LogP) is 1.64. The van der Waals surface area contributed by atoms with Crippen molar-refractivity contribution in [1.82, 2.24) is 30.0 Å². The first kappa shape index (κ1) is 24.3. The molecule has 3 aromatic heterocycles. The van der Waals surface area contributed by atoms with E-state index in [1.165, 1.54) is 18.4 Å². The molecular weight excluding hydrogens is 501 g/mol. The summed E-state index contributed by atoms with van der Waals surface area (Å²) in [5.74, 6) is 0.0444. The average Bonchev–Trinajstić information content (AvgIpc) is 3.54. The summed E-state index contributed by atoms with van der Waals surface area (Å²) in [5.41, 5.74) is 7.28. The van der Waals surface area contributed by atoms with Gasteiger partial charge in [0.05, 0.1) is 34.8 Å². The maximum atomic E-state index is 13.1. The quantitative estimate of drug-likeness (QED) is 0.388. The van der Waals surface area contributed by atoms with Crippen LogP contribution in [0.25, 0.3) is 27.5 Å². The van der Waals surface area contributed by atoms with Gasteiger partial charge < -0.3 is 15.0 Å². The number of fused-ring (bicyclic) bond motifs is 3. The SMILES string of the molecule is Bc1cc(C(=O)N2CCNCC2)ccc1-n1nc(-c2cccnc2)c2c1-c1sc(NC(=O)OC)nc1CC2. The van der Waals surface area contributed by atoms with E-state index in [-0.39, 0.29) is 5.91 Å². The van der Waals surface area contributed by atoms with Crippen LogP contribution in [0.4, 0.5) is 9.93 Å². The van der Waals surface area contributed by atoms with Crippen LogP contribution in [0.3, 0.4) is 0 Å². The molecule has 6 rings (SSSR count). The van der Waals surface area contributed by atoms with Gasteiger partial charge in [-0.3, -0.25) is 15.1 Å². The number of thiazole rings is 1. The fourth-order valence-corrected chi connectivity index (χ4v) is 6.10. The number of hydrogen-bond donors (Lipinski definition) is 2. The summed E-state index contributed by atoms with van der Waals surface area (Å²) in [4.78, 5) is 36.8. The van der Waals surface area contributed by atoms with E-state index < -0.39 is 6.09 Å². The van der Waals surface area contributed by atoms with E-state index in [4.69, 9.17) is 9.84 Å². The number of amides is 2. The zero-order valence-corrected chi connectivity index (χ0v) is 22.0. The Balaban J connectivity index is 1.46. The molecule has 0 radical (unpaired) electrons. The van der Waals surface area contributed by atoms with Crippen molar-refractivity contribution in [2.24, 2.45) is 0 Å². The van der Waals surface area contributed by atoms with Gasteiger partial charge in [-0.05, 0) is 37.1 Å². The number of carbonyl (C=O) groups is 2. The van der Waals surface area contributed by atoms with E-state index in [0.29, 0.717) is 23.8 Å². The molecule has 0 unspecified atom stereocenters. The van der Waals surface area contributed by atoms with Gasteiger partial charge >= 0.3 is 6.09 Å². The van der Waals surface area contributed by atoms with Gasteiger partial charge in [0.25, 0.3) is 5.91 Å². The lowest BCUT2D eigenvalue weighted by molar-refractivity contribution is 0.0736. The van der Waals surface area contributed by atoms with Gasteiger partial charge in [0.15, 0.2) is 5.13 Å². The highest BCUT2D eigenvalue weighted by atomic mass is 32.1. The molecular formula is C26H26BN7O3S. The number of pyridine rings is 1. The van der Waals surface area contributed by atoms with Crippen LogP contribution in [-0.2, 0) is 17.6 Å². The van der Waals surface area contributed by atoms with E-state index in [9.17, 15) is 9.59 Å². The van der Waals surface area contributed by atoms with Crippen molar-refractivity contribution in [2.45, 2.75) is 12.8 Å². The van der Waals surface area contributed by atoms with Gasteiger partial charge in [-0.25, -0.2) is 14.5 Å². The lowest BCUT2D eigenvalue weighted by Crippen LogP contribution is -2.46. The predicted molar refractivity (Wildman–Crippen MR) is 148 cm³/mol. The molecule has 4 heterocycles. The number of ether oxygens (including phenoxy) is 1. The molecule has 1 aliphatic carbocycles. The second-order valence-electron chi connectivity index (χ2n) is 9.28. The molecule has 10 nitrogen and oxygen atoms in total. The Labute approximate surface area is 224 Å². The molecule has 1 aromatic carbocycles. The second kappa shape index (κ2) is 10.0. The number of anilines is 1. The fourth-order valence-electron chi connectivity index (χ4n) is 5.05. The second-order valence-corrected chi connectivity index (χ2v) is 10.3. The van der Waals surface area contributed by atoms with Gasteiger partial charge in [-0.2, -0.15) is 5.10 Å². The van der Waals surface area contributed by atoms with Gasteiger partial charge in [-0.1, -0.05) is 22.9 Å². The Bertz CT molecular complexity index is 1530. The molecule has 2 N–H and O–H groups in total. The number of piperazine rings is 1. The topological polar surface area (TPSA) is 114 Å². The molecule has 1 fully saturated rings. The largest absolute Gasteiger partial charge is 0.453 e. The minimum Gasteiger partial charge on any atom is -0.453 e. The standard InChI is InChI=1S/C26H26BN7O3S/c1-37-26(36)31-25-30-19-6-5-17-21(16-3-2-8-29-14-16)32-34(22(17)23(19)38-25)20-7-4-15(13-18(20)27)24(35)33-11-9-28-10-12-33/h2-4,7-8,13-14,28H,5-6,9-12,27H2,1H3,(H,30,31,36). The van der Waals surface area contributed by atoms with Crippen molar-refractivity contribution in [3.8, 4) is 27.5 Å². The summed E-state index contributed by atoms with van der Waals surface area (Å²) in [5, 5.41) is 11.6. The molecule has 1 saturated heterocycles. The Morgan fingerprint density at radius 3 is 2.76 bits per heavy atom. The molecule has 192 valence electrons. The van der Waals surface area contributed by atoms with Crippen molar-refractivity contribution < 1.29 is 14.3 Å². The van der Waals surface area contributed by atoms with Crippen molar-refractivity contribution in [3.63, 3.8) is 0 Å². The number of benzene rings is 1. The van der Waals surface area contributed by atoms with Gasteiger partial charge in [-0.15, -0.1) is 0 Å². The van der Waals surface area contributed by atoms with Crippen LogP contribution < -0.4 is 16.1 Å². The summed E-state index contributed by atoms with van der Waals surface area (Å²) >= 11 is 1.41. The lowest BCUT2D eigenvalue weighted by atomic mass is 9.91. The zero-order chi connectivity index (χ0) is 26.2. The van der Waals surface area contributed by atoms with Crippen LogP contribution in [0.5, 0.6) is 0 Å². The monoisotopic (exact) mass is 527 g/mol. The summed E-state index contributed by atoms with van der Waals surface area (Å²) < 4.78 is 6.71. The summed E-state index contributed by atoms with van der Waals surface area (Å²) in [6.07, 6.45) is 4.50. The van der Waals surface area contributed by atoms with Crippen LogP contribution in [0.2, 0.25) is 0 Å². The first-order chi connectivity index (χ1) is 18.5. The normalized spacial score (nSPS) is 14.5. The Morgan fingerprint density at radius 1 is 1.18 bits per heavy atom. The Hall–Kier alpha value is -4.03. The number of methoxy groups -OCH3 is 1. The zero-order valence-electron chi connectivity index (χ0n) is 21.2. The number of carbonyl (C=O) groups excluding carboxylic acids is 2. The Morgan fingerprint density at radius 2 is 2.03 bits per heavy atom. The summed E-state index contributed by atoms with van der Waals surface area (Å²) in [6, 6.07) is 9.70. The van der Waals surface area contributed by atoms with E-state index in [1.807, 2.05) is 54.0 Å². The molecule has 4 aromatic rings. The molecule has 38 heavy (non-hydrogen) atoms. The molecule has 0 atom stereocenters. The minimum atomic E-state index is -0.554. The number of nitrogens with zero attached hydrogens (tertiary/aromatic N) is 5. The highest BCUT2D eigenvalue weighted by molar-refractivity contribution is 7.19. The third kappa shape index (κ3) is 4.35. The fraction of sp³-hybridized carbons (Fsp3) is 0.269. The van der Waals surface area contributed by atoms with E-state index in [0.717, 1.165) is 70.2 Å². The first-order valence-corrected chi connectivity index (χ1v) is 13.3. The average molecular weight is 527 g/mol. The maximum absolute atomic E-state index is 13.1. The number of nitrogens with one attached hydrogen (secondary N) is 2.